The van der Waals surface area contributed by atoms with Gasteiger partial charge in [-0.05, 0) is 29.8 Å². The number of hydrazone groups is 1. The van der Waals surface area contributed by atoms with Crippen LogP contribution in [0.1, 0.15) is 5.56 Å². The summed E-state index contributed by atoms with van der Waals surface area (Å²) >= 11 is 0. The fraction of sp³-hybridized carbons (Fsp3) is 0. The minimum absolute atomic E-state index is 1.04. The summed E-state index contributed by atoms with van der Waals surface area (Å²) in [6.07, 6.45) is 1.88. The van der Waals surface area contributed by atoms with E-state index in [-0.39, 0.29) is 0 Å². The minimum Gasteiger partial charge on any atom is -0.234 e. The third-order valence-electron chi connectivity index (χ3n) is 3.12. The van der Waals surface area contributed by atoms with Crippen molar-refractivity contribution < 1.29 is 0 Å². The Morgan fingerprint density at radius 3 is 1.48 bits per heavy atom. The Balaban J connectivity index is 1.96. The molecule has 3 aromatic rings. The molecule has 0 fully saturated rings. The maximum atomic E-state index is 4.64. The van der Waals surface area contributed by atoms with E-state index in [1.54, 1.807) is 0 Å². The lowest BCUT2D eigenvalue weighted by atomic mass is 10.2. The minimum atomic E-state index is 1.04. The highest BCUT2D eigenvalue weighted by molar-refractivity contribution is 5.81. The van der Waals surface area contributed by atoms with E-state index < -0.39 is 0 Å². The average molecular weight is 272 g/mol. The predicted molar refractivity (Wildman–Crippen MR) is 89.1 cm³/mol. The van der Waals surface area contributed by atoms with Gasteiger partial charge in [-0.3, -0.25) is 0 Å². The summed E-state index contributed by atoms with van der Waals surface area (Å²) in [5, 5.41) is 6.58. The average Bonchev–Trinajstić information content (AvgIpc) is 2.58. The van der Waals surface area contributed by atoms with Crippen LogP contribution in [-0.4, -0.2) is 6.21 Å². The van der Waals surface area contributed by atoms with Gasteiger partial charge in [-0.2, -0.15) is 5.10 Å². The van der Waals surface area contributed by atoms with Crippen molar-refractivity contribution in [1.29, 1.82) is 0 Å². The van der Waals surface area contributed by atoms with E-state index in [1.165, 1.54) is 0 Å². The number of anilines is 2. The molecule has 0 saturated heterocycles. The first-order valence-corrected chi connectivity index (χ1v) is 6.93. The molecule has 3 aromatic carbocycles. The van der Waals surface area contributed by atoms with Crippen LogP contribution in [-0.2, 0) is 0 Å². The summed E-state index contributed by atoms with van der Waals surface area (Å²) in [7, 11) is 0. The molecule has 0 aliphatic heterocycles. The molecule has 0 N–H and O–H groups in total. The molecule has 102 valence electrons. The molecular formula is C19H16N2. The molecule has 21 heavy (non-hydrogen) atoms. The highest BCUT2D eigenvalue weighted by atomic mass is 15.5. The summed E-state index contributed by atoms with van der Waals surface area (Å²) in [6, 6.07) is 30.4. The van der Waals surface area contributed by atoms with Gasteiger partial charge in [0.1, 0.15) is 0 Å². The normalized spacial score (nSPS) is 10.7. The van der Waals surface area contributed by atoms with Crippen molar-refractivity contribution in [3.63, 3.8) is 0 Å². The molecule has 0 aliphatic rings. The van der Waals surface area contributed by atoms with Gasteiger partial charge in [0.2, 0.25) is 0 Å². The topological polar surface area (TPSA) is 15.6 Å². The standard InChI is InChI=1S/C19H16N2/c1-4-10-17(11-5-1)16-20-21(18-12-6-2-7-13-18)19-14-8-3-9-15-19/h1-16H. The van der Waals surface area contributed by atoms with E-state index in [0.717, 1.165) is 16.9 Å². The Kier molecular flexibility index (Phi) is 4.08. The lowest BCUT2D eigenvalue weighted by Crippen LogP contribution is -2.09. The van der Waals surface area contributed by atoms with Gasteiger partial charge in [-0.15, -0.1) is 0 Å². The molecular weight excluding hydrogens is 256 g/mol. The van der Waals surface area contributed by atoms with Gasteiger partial charge < -0.3 is 0 Å². The second kappa shape index (κ2) is 6.53. The molecule has 0 saturated carbocycles. The summed E-state index contributed by atoms with van der Waals surface area (Å²) in [4.78, 5) is 0. The second-order valence-electron chi connectivity index (χ2n) is 4.64. The van der Waals surface area contributed by atoms with Crippen LogP contribution in [0.15, 0.2) is 96.1 Å². The first-order valence-electron chi connectivity index (χ1n) is 6.93. The van der Waals surface area contributed by atoms with Crippen LogP contribution in [0.3, 0.4) is 0 Å². The van der Waals surface area contributed by atoms with Gasteiger partial charge in [-0.25, -0.2) is 5.01 Å². The van der Waals surface area contributed by atoms with Crippen molar-refractivity contribution in [1.82, 2.24) is 0 Å². The lowest BCUT2D eigenvalue weighted by Gasteiger charge is -2.19. The highest BCUT2D eigenvalue weighted by Crippen LogP contribution is 2.24. The fourth-order valence-corrected chi connectivity index (χ4v) is 2.08. The largest absolute Gasteiger partial charge is 0.234 e. The van der Waals surface area contributed by atoms with Crippen LogP contribution < -0.4 is 5.01 Å². The molecule has 0 radical (unpaired) electrons. The number of nitrogens with zero attached hydrogens (tertiary/aromatic N) is 2. The van der Waals surface area contributed by atoms with Gasteiger partial charge in [0, 0.05) is 0 Å². The maximum Gasteiger partial charge on any atom is 0.0652 e. The molecule has 0 heterocycles. The van der Waals surface area contributed by atoms with Gasteiger partial charge in [-0.1, -0.05) is 66.7 Å². The van der Waals surface area contributed by atoms with E-state index in [1.807, 2.05) is 78.0 Å². The Morgan fingerprint density at radius 2 is 1.00 bits per heavy atom. The first-order chi connectivity index (χ1) is 10.4. The molecule has 3 rings (SSSR count). The number of para-hydroxylation sites is 2. The van der Waals surface area contributed by atoms with E-state index >= 15 is 0 Å². The summed E-state index contributed by atoms with van der Waals surface area (Å²) in [5.74, 6) is 0. The number of rotatable bonds is 4. The van der Waals surface area contributed by atoms with E-state index in [0.29, 0.717) is 0 Å². The Labute approximate surface area is 125 Å². The molecule has 0 bridgehead atoms. The zero-order chi connectivity index (χ0) is 14.3. The number of hydrogen-bond donors (Lipinski definition) is 0. The van der Waals surface area contributed by atoms with Crippen molar-refractivity contribution in [3.05, 3.63) is 96.6 Å². The quantitative estimate of drug-likeness (QED) is 0.489. The maximum absolute atomic E-state index is 4.64. The van der Waals surface area contributed by atoms with Crippen LogP contribution >= 0.6 is 0 Å². The van der Waals surface area contributed by atoms with Crippen molar-refractivity contribution in [2.45, 2.75) is 0 Å². The molecule has 0 amide bonds. The zero-order valence-electron chi connectivity index (χ0n) is 11.6. The first kappa shape index (κ1) is 13.1. The summed E-state index contributed by atoms with van der Waals surface area (Å²) in [5.41, 5.74) is 3.15. The van der Waals surface area contributed by atoms with Crippen LogP contribution in [0, 0.1) is 0 Å². The third kappa shape index (κ3) is 3.37. The molecule has 2 heteroatoms. The molecule has 2 nitrogen and oxygen atoms in total. The summed E-state index contributed by atoms with van der Waals surface area (Å²) in [6.45, 7) is 0. The van der Waals surface area contributed by atoms with E-state index in [9.17, 15) is 0 Å². The number of benzene rings is 3. The van der Waals surface area contributed by atoms with E-state index in [4.69, 9.17) is 0 Å². The van der Waals surface area contributed by atoms with Crippen molar-refractivity contribution in [2.75, 3.05) is 5.01 Å². The Hall–Kier alpha value is -2.87. The monoisotopic (exact) mass is 272 g/mol. The Bertz CT molecular complexity index is 652. The zero-order valence-corrected chi connectivity index (χ0v) is 11.6. The van der Waals surface area contributed by atoms with Crippen molar-refractivity contribution >= 4 is 17.6 Å². The molecule has 0 aromatic heterocycles. The van der Waals surface area contributed by atoms with Crippen LogP contribution in [0.2, 0.25) is 0 Å². The number of hydrogen-bond acceptors (Lipinski definition) is 2. The van der Waals surface area contributed by atoms with Gasteiger partial charge in [0.15, 0.2) is 0 Å². The van der Waals surface area contributed by atoms with Crippen molar-refractivity contribution in [2.24, 2.45) is 5.10 Å². The predicted octanol–water partition coefficient (Wildman–Crippen LogP) is 4.86. The van der Waals surface area contributed by atoms with Gasteiger partial charge in [0.25, 0.3) is 0 Å². The SMILES string of the molecule is C(=NN(c1ccccc1)c1ccccc1)c1ccccc1. The molecule has 0 spiro atoms. The third-order valence-corrected chi connectivity index (χ3v) is 3.12. The smallest absolute Gasteiger partial charge is 0.0652 e. The van der Waals surface area contributed by atoms with E-state index in [2.05, 4.69) is 29.4 Å². The molecule has 0 aliphatic carbocycles. The fourth-order valence-electron chi connectivity index (χ4n) is 2.08. The molecule has 0 unspecified atom stereocenters. The molecule has 0 atom stereocenters. The highest BCUT2D eigenvalue weighted by Gasteiger charge is 2.06. The Morgan fingerprint density at radius 1 is 0.571 bits per heavy atom. The van der Waals surface area contributed by atoms with Crippen molar-refractivity contribution in [3.8, 4) is 0 Å². The summed E-state index contributed by atoms with van der Waals surface area (Å²) < 4.78 is 0. The van der Waals surface area contributed by atoms with Crippen LogP contribution in [0.4, 0.5) is 11.4 Å². The van der Waals surface area contributed by atoms with Crippen LogP contribution in [0.5, 0.6) is 0 Å². The second-order valence-corrected chi connectivity index (χ2v) is 4.64. The van der Waals surface area contributed by atoms with Crippen LogP contribution in [0.25, 0.3) is 0 Å². The lowest BCUT2D eigenvalue weighted by molar-refractivity contribution is 1.09. The van der Waals surface area contributed by atoms with Gasteiger partial charge in [0.05, 0.1) is 17.6 Å². The van der Waals surface area contributed by atoms with Gasteiger partial charge >= 0.3 is 0 Å².